The molecule has 0 bridgehead atoms. The second-order valence-corrected chi connectivity index (χ2v) is 5.42. The maximum Gasteiger partial charge on any atom is 0.227 e. The van der Waals surface area contributed by atoms with Gasteiger partial charge in [-0.05, 0) is 19.4 Å². The number of nitriles is 1. The van der Waals surface area contributed by atoms with E-state index < -0.39 is 15.3 Å². The van der Waals surface area contributed by atoms with Gasteiger partial charge in [0.25, 0.3) is 0 Å². The second kappa shape index (κ2) is 5.63. The van der Waals surface area contributed by atoms with Gasteiger partial charge >= 0.3 is 0 Å². The summed E-state index contributed by atoms with van der Waals surface area (Å²) >= 11 is 0. The highest BCUT2D eigenvalue weighted by Crippen LogP contribution is 1.96. The summed E-state index contributed by atoms with van der Waals surface area (Å²) in [4.78, 5) is 0. The summed E-state index contributed by atoms with van der Waals surface area (Å²) in [6.07, 6.45) is 4.12. The predicted octanol–water partition coefficient (Wildman–Crippen LogP) is 0.105. The largest absolute Gasteiger partial charge is 0.273 e. The molecule has 88 valence electrons. The zero-order valence-corrected chi connectivity index (χ0v) is 9.81. The quantitative estimate of drug-likeness (QED) is 0.717. The van der Waals surface area contributed by atoms with Crippen molar-refractivity contribution in [3.8, 4) is 6.07 Å². The van der Waals surface area contributed by atoms with Crippen LogP contribution in [0.4, 0.5) is 0 Å². The van der Waals surface area contributed by atoms with E-state index in [1.807, 2.05) is 12.3 Å². The zero-order valence-electron chi connectivity index (χ0n) is 9.00. The van der Waals surface area contributed by atoms with Gasteiger partial charge in [-0.1, -0.05) is 0 Å². The lowest BCUT2D eigenvalue weighted by atomic mass is 10.4. The van der Waals surface area contributed by atoms with Crippen molar-refractivity contribution in [2.24, 2.45) is 0 Å². The van der Waals surface area contributed by atoms with Crippen molar-refractivity contribution in [1.29, 1.82) is 5.26 Å². The molecule has 0 amide bonds. The average Bonchev–Trinajstić information content (AvgIpc) is 2.76. The molecule has 1 N–H and O–H groups in total. The SMILES string of the molecule is CC(C#N)S(=O)(=O)NCCCn1cccn1. The fourth-order valence-corrected chi connectivity index (χ4v) is 1.90. The molecule has 0 aliphatic rings. The van der Waals surface area contributed by atoms with E-state index in [1.165, 1.54) is 6.92 Å². The fraction of sp³-hybridized carbons (Fsp3) is 0.556. The molecule has 0 aliphatic carbocycles. The van der Waals surface area contributed by atoms with E-state index >= 15 is 0 Å². The van der Waals surface area contributed by atoms with Gasteiger partial charge in [0.15, 0.2) is 5.25 Å². The van der Waals surface area contributed by atoms with E-state index in [0.29, 0.717) is 19.5 Å². The van der Waals surface area contributed by atoms with Crippen molar-refractivity contribution in [2.75, 3.05) is 6.54 Å². The third kappa shape index (κ3) is 3.64. The van der Waals surface area contributed by atoms with Crippen molar-refractivity contribution < 1.29 is 8.42 Å². The van der Waals surface area contributed by atoms with Crippen molar-refractivity contribution in [1.82, 2.24) is 14.5 Å². The normalized spacial score (nSPS) is 13.2. The van der Waals surface area contributed by atoms with Crippen LogP contribution in [0.2, 0.25) is 0 Å². The summed E-state index contributed by atoms with van der Waals surface area (Å²) in [5.74, 6) is 0. The summed E-state index contributed by atoms with van der Waals surface area (Å²) in [6, 6.07) is 3.50. The molecule has 1 atom stereocenters. The molecule has 1 aromatic rings. The number of sulfonamides is 1. The summed E-state index contributed by atoms with van der Waals surface area (Å²) in [7, 11) is -3.49. The Morgan fingerprint density at radius 1 is 1.62 bits per heavy atom. The minimum absolute atomic E-state index is 0.314. The Kier molecular flexibility index (Phi) is 4.46. The number of nitrogens with one attached hydrogen (secondary N) is 1. The maximum atomic E-state index is 11.4. The molecule has 0 aliphatic heterocycles. The van der Waals surface area contributed by atoms with Crippen LogP contribution in [-0.4, -0.2) is 30.0 Å². The molecule has 1 aromatic heterocycles. The molecule has 1 rings (SSSR count). The van der Waals surface area contributed by atoms with Crippen LogP contribution in [0.25, 0.3) is 0 Å². The van der Waals surface area contributed by atoms with Crippen LogP contribution >= 0.6 is 0 Å². The van der Waals surface area contributed by atoms with E-state index in [9.17, 15) is 8.42 Å². The molecule has 0 aromatic carbocycles. The van der Waals surface area contributed by atoms with Gasteiger partial charge in [-0.15, -0.1) is 0 Å². The smallest absolute Gasteiger partial charge is 0.227 e. The zero-order chi connectivity index (χ0) is 12.0. The van der Waals surface area contributed by atoms with Gasteiger partial charge in [0.05, 0.1) is 6.07 Å². The van der Waals surface area contributed by atoms with E-state index in [2.05, 4.69) is 9.82 Å². The van der Waals surface area contributed by atoms with Crippen LogP contribution in [0.3, 0.4) is 0 Å². The number of aryl methyl sites for hydroxylation is 1. The van der Waals surface area contributed by atoms with Gasteiger partial charge in [0.1, 0.15) is 0 Å². The molecule has 16 heavy (non-hydrogen) atoms. The van der Waals surface area contributed by atoms with Crippen molar-refractivity contribution in [2.45, 2.75) is 25.1 Å². The number of hydrogen-bond donors (Lipinski definition) is 1. The van der Waals surface area contributed by atoms with Crippen LogP contribution in [0.5, 0.6) is 0 Å². The Morgan fingerprint density at radius 3 is 2.94 bits per heavy atom. The first-order valence-corrected chi connectivity index (χ1v) is 6.46. The van der Waals surface area contributed by atoms with Gasteiger partial charge in [-0.25, -0.2) is 13.1 Å². The van der Waals surface area contributed by atoms with E-state index in [4.69, 9.17) is 5.26 Å². The Balaban J connectivity index is 2.29. The maximum absolute atomic E-state index is 11.4. The Bertz CT molecular complexity index is 446. The first kappa shape index (κ1) is 12.7. The lowest BCUT2D eigenvalue weighted by Gasteiger charge is -2.07. The van der Waals surface area contributed by atoms with E-state index in [0.717, 1.165) is 0 Å². The van der Waals surface area contributed by atoms with E-state index in [-0.39, 0.29) is 0 Å². The summed E-state index contributed by atoms with van der Waals surface area (Å²) < 4.78 is 26.8. The highest BCUT2D eigenvalue weighted by molar-refractivity contribution is 7.90. The first-order chi connectivity index (χ1) is 7.56. The highest BCUT2D eigenvalue weighted by Gasteiger charge is 2.18. The molecular weight excluding hydrogens is 228 g/mol. The first-order valence-electron chi connectivity index (χ1n) is 4.92. The molecule has 0 saturated heterocycles. The fourth-order valence-electron chi connectivity index (χ4n) is 1.08. The second-order valence-electron chi connectivity index (χ2n) is 3.33. The standard InChI is InChI=1S/C9H14N4O2S/c1-9(8-10)16(14,15)12-5-3-7-13-6-2-4-11-13/h2,4,6,9,12H,3,5,7H2,1H3. The van der Waals surface area contributed by atoms with Crippen molar-refractivity contribution >= 4 is 10.0 Å². The topological polar surface area (TPSA) is 87.8 Å². The number of hydrogen-bond acceptors (Lipinski definition) is 4. The molecular formula is C9H14N4O2S. The van der Waals surface area contributed by atoms with Crippen molar-refractivity contribution in [3.05, 3.63) is 18.5 Å². The molecule has 0 spiro atoms. The Labute approximate surface area is 94.9 Å². The highest BCUT2D eigenvalue weighted by atomic mass is 32.2. The molecule has 7 heteroatoms. The van der Waals surface area contributed by atoms with Crippen LogP contribution in [0, 0.1) is 11.3 Å². The summed E-state index contributed by atoms with van der Waals surface area (Å²) in [5, 5.41) is 11.5. The minimum atomic E-state index is -3.49. The van der Waals surface area contributed by atoms with Gasteiger partial charge in [0.2, 0.25) is 10.0 Å². The number of aromatic nitrogens is 2. The van der Waals surface area contributed by atoms with Gasteiger partial charge < -0.3 is 0 Å². The van der Waals surface area contributed by atoms with Crippen LogP contribution < -0.4 is 4.72 Å². The summed E-state index contributed by atoms with van der Waals surface area (Å²) in [6.45, 7) is 2.32. The average molecular weight is 242 g/mol. The van der Waals surface area contributed by atoms with E-state index in [1.54, 1.807) is 16.9 Å². The molecule has 0 radical (unpaired) electrons. The third-order valence-electron chi connectivity index (χ3n) is 2.07. The lowest BCUT2D eigenvalue weighted by Crippen LogP contribution is -2.32. The van der Waals surface area contributed by atoms with Crippen LogP contribution in [0.15, 0.2) is 18.5 Å². The molecule has 0 fully saturated rings. The third-order valence-corrected chi connectivity index (χ3v) is 3.72. The van der Waals surface area contributed by atoms with Crippen LogP contribution in [0.1, 0.15) is 13.3 Å². The Hall–Kier alpha value is -1.39. The Morgan fingerprint density at radius 2 is 2.38 bits per heavy atom. The summed E-state index contributed by atoms with van der Waals surface area (Å²) in [5.41, 5.74) is 0. The van der Waals surface area contributed by atoms with Gasteiger partial charge in [-0.2, -0.15) is 10.4 Å². The minimum Gasteiger partial charge on any atom is -0.273 e. The molecule has 1 unspecified atom stereocenters. The predicted molar refractivity (Wildman–Crippen MR) is 58.8 cm³/mol. The molecule has 0 saturated carbocycles. The monoisotopic (exact) mass is 242 g/mol. The van der Waals surface area contributed by atoms with Crippen LogP contribution in [-0.2, 0) is 16.6 Å². The van der Waals surface area contributed by atoms with Crippen molar-refractivity contribution in [3.63, 3.8) is 0 Å². The number of rotatable bonds is 6. The van der Waals surface area contributed by atoms with Gasteiger partial charge in [0, 0.05) is 25.5 Å². The lowest BCUT2D eigenvalue weighted by molar-refractivity contribution is 0.550. The number of nitrogens with zero attached hydrogens (tertiary/aromatic N) is 3. The molecule has 6 nitrogen and oxygen atoms in total. The molecule has 1 heterocycles. The van der Waals surface area contributed by atoms with Gasteiger partial charge in [-0.3, -0.25) is 4.68 Å².